The molecule has 0 fully saturated rings. The summed E-state index contributed by atoms with van der Waals surface area (Å²) in [4.78, 5) is 12.5. The van der Waals surface area contributed by atoms with Crippen LogP contribution in [0.25, 0.3) is 0 Å². The summed E-state index contributed by atoms with van der Waals surface area (Å²) in [5, 5.41) is 0. The van der Waals surface area contributed by atoms with E-state index in [1.54, 1.807) is 24.8 Å². The minimum atomic E-state index is -4.38. The number of hydrogen-bond acceptors (Lipinski definition) is 6. The molecule has 0 radical (unpaired) electrons. The Hall–Kier alpha value is -2.39. The van der Waals surface area contributed by atoms with Gasteiger partial charge in [0.1, 0.15) is 24.2 Å². The molecule has 0 amide bonds. The van der Waals surface area contributed by atoms with Gasteiger partial charge in [-0.15, -0.1) is 11.8 Å². The molecule has 0 N–H and O–H groups in total. The minimum Gasteiger partial charge on any atom is -0.491 e. The number of ether oxygens (including phenoxy) is 4. The fourth-order valence-corrected chi connectivity index (χ4v) is 3.76. The summed E-state index contributed by atoms with van der Waals surface area (Å²) < 4.78 is 60.0. The Morgan fingerprint density at radius 2 is 1.79 bits per heavy atom. The average molecular weight is 487 g/mol. The molecule has 0 spiro atoms. The van der Waals surface area contributed by atoms with Crippen molar-refractivity contribution in [2.75, 3.05) is 32.2 Å². The number of rotatable bonds is 13. The van der Waals surface area contributed by atoms with Gasteiger partial charge in [-0.25, -0.2) is 4.79 Å². The first-order valence-electron chi connectivity index (χ1n) is 10.7. The Balaban J connectivity index is 1.90. The molecule has 2 rings (SSSR count). The number of esters is 1. The van der Waals surface area contributed by atoms with Crippen molar-refractivity contribution in [1.29, 1.82) is 0 Å². The van der Waals surface area contributed by atoms with Gasteiger partial charge in [0, 0.05) is 17.3 Å². The van der Waals surface area contributed by atoms with Gasteiger partial charge in [0.15, 0.2) is 6.61 Å². The molecule has 0 saturated heterocycles. The second-order valence-corrected chi connectivity index (χ2v) is 8.25. The monoisotopic (exact) mass is 486 g/mol. The zero-order valence-electron chi connectivity index (χ0n) is 18.9. The maximum Gasteiger partial charge on any atom is 0.416 e. The van der Waals surface area contributed by atoms with E-state index >= 15 is 0 Å². The fourth-order valence-electron chi connectivity index (χ4n) is 2.76. The zero-order valence-corrected chi connectivity index (χ0v) is 19.8. The molecule has 1 atom stereocenters. The van der Waals surface area contributed by atoms with Gasteiger partial charge in [-0.3, -0.25) is 0 Å². The van der Waals surface area contributed by atoms with E-state index in [-0.39, 0.29) is 19.3 Å². The van der Waals surface area contributed by atoms with Crippen molar-refractivity contribution in [3.63, 3.8) is 0 Å². The van der Waals surface area contributed by atoms with E-state index in [1.807, 2.05) is 26.0 Å². The van der Waals surface area contributed by atoms with Crippen molar-refractivity contribution in [3.05, 3.63) is 53.6 Å². The molecule has 0 aliphatic rings. The average Bonchev–Trinajstić information content (AvgIpc) is 2.78. The van der Waals surface area contributed by atoms with Crippen molar-refractivity contribution in [3.8, 4) is 11.5 Å². The van der Waals surface area contributed by atoms with Crippen molar-refractivity contribution in [1.82, 2.24) is 0 Å². The van der Waals surface area contributed by atoms with Crippen LogP contribution in [0.1, 0.15) is 31.4 Å². The largest absolute Gasteiger partial charge is 0.491 e. The van der Waals surface area contributed by atoms with Crippen LogP contribution in [0.5, 0.6) is 11.5 Å². The van der Waals surface area contributed by atoms with Gasteiger partial charge in [0.05, 0.1) is 12.2 Å². The highest BCUT2D eigenvalue weighted by atomic mass is 32.2. The van der Waals surface area contributed by atoms with Gasteiger partial charge >= 0.3 is 12.1 Å². The van der Waals surface area contributed by atoms with Gasteiger partial charge in [-0.1, -0.05) is 6.92 Å². The van der Waals surface area contributed by atoms with E-state index in [4.69, 9.17) is 18.9 Å². The van der Waals surface area contributed by atoms with Gasteiger partial charge < -0.3 is 18.9 Å². The molecule has 0 aliphatic heterocycles. The Labute approximate surface area is 196 Å². The molecule has 0 aliphatic carbocycles. The van der Waals surface area contributed by atoms with Crippen LogP contribution in [0.2, 0.25) is 0 Å². The lowest BCUT2D eigenvalue weighted by Crippen LogP contribution is -2.25. The first-order valence-corrected chi connectivity index (χ1v) is 11.6. The number of carbonyl (C=O) groups excluding carboxylic acids is 1. The third kappa shape index (κ3) is 9.55. The third-order valence-corrected chi connectivity index (χ3v) is 5.53. The second-order valence-electron chi connectivity index (χ2n) is 7.16. The molecule has 5 nitrogen and oxygen atoms in total. The zero-order chi connectivity index (χ0) is 24.3. The molecule has 33 heavy (non-hydrogen) atoms. The Kier molecular flexibility index (Phi) is 10.9. The van der Waals surface area contributed by atoms with E-state index in [2.05, 4.69) is 0 Å². The van der Waals surface area contributed by atoms with E-state index in [9.17, 15) is 18.0 Å². The molecule has 0 bridgehead atoms. The van der Waals surface area contributed by atoms with E-state index in [0.717, 1.165) is 29.0 Å². The van der Waals surface area contributed by atoms with Crippen molar-refractivity contribution in [2.45, 2.75) is 44.4 Å². The predicted octanol–water partition coefficient (Wildman–Crippen LogP) is 5.92. The maximum absolute atomic E-state index is 12.7. The molecule has 182 valence electrons. The van der Waals surface area contributed by atoms with Gasteiger partial charge in [-0.2, -0.15) is 13.2 Å². The van der Waals surface area contributed by atoms with Crippen molar-refractivity contribution < 1.29 is 36.9 Å². The summed E-state index contributed by atoms with van der Waals surface area (Å²) in [5.41, 5.74) is 0.172. The van der Waals surface area contributed by atoms with Crippen molar-refractivity contribution in [2.24, 2.45) is 0 Å². The predicted molar refractivity (Wildman–Crippen MR) is 121 cm³/mol. The van der Waals surface area contributed by atoms with Crippen molar-refractivity contribution >= 4 is 17.7 Å². The standard InChI is InChI=1S/C24H29F3O5S/c1-4-12-30-20(14-31-19-8-6-18(7-9-19)24(25,26)27)16-33-21-10-11-22(17(3)13-21)32-15-23(28)29-5-2/h6-11,13,20H,4-5,12,14-16H2,1-3H3. The molecule has 0 aromatic heterocycles. The van der Waals surface area contributed by atoms with Gasteiger partial charge in [0.2, 0.25) is 0 Å². The van der Waals surface area contributed by atoms with Crippen LogP contribution in [0.3, 0.4) is 0 Å². The fraction of sp³-hybridized carbons (Fsp3) is 0.458. The van der Waals surface area contributed by atoms with Crippen LogP contribution in [0.15, 0.2) is 47.4 Å². The topological polar surface area (TPSA) is 54.0 Å². The number of benzene rings is 2. The van der Waals surface area contributed by atoms with E-state index < -0.39 is 17.7 Å². The summed E-state index contributed by atoms with van der Waals surface area (Å²) >= 11 is 1.57. The smallest absolute Gasteiger partial charge is 0.416 e. The number of carbonyl (C=O) groups is 1. The molecule has 0 heterocycles. The molecule has 2 aromatic rings. The van der Waals surface area contributed by atoms with Gasteiger partial charge in [0.25, 0.3) is 0 Å². The molecule has 1 unspecified atom stereocenters. The SMILES string of the molecule is CCCOC(COc1ccc(C(F)(F)F)cc1)CSc1ccc(OCC(=O)OCC)c(C)c1. The van der Waals surface area contributed by atoms with E-state index in [0.29, 0.717) is 30.5 Å². The summed E-state index contributed by atoms with van der Waals surface area (Å²) in [6, 6.07) is 10.3. The van der Waals surface area contributed by atoms with Gasteiger partial charge in [-0.05, 0) is 68.3 Å². The summed E-state index contributed by atoms with van der Waals surface area (Å²) in [6.07, 6.45) is -3.77. The van der Waals surface area contributed by atoms with Crippen LogP contribution in [-0.2, 0) is 20.4 Å². The molecule has 2 aromatic carbocycles. The minimum absolute atomic E-state index is 0.143. The number of alkyl halides is 3. The lowest BCUT2D eigenvalue weighted by molar-refractivity contribution is -0.145. The third-order valence-electron chi connectivity index (χ3n) is 4.41. The first-order chi connectivity index (χ1) is 15.7. The summed E-state index contributed by atoms with van der Waals surface area (Å²) in [7, 11) is 0. The van der Waals surface area contributed by atoms with Crippen LogP contribution in [0.4, 0.5) is 13.2 Å². The molecule has 9 heteroatoms. The lowest BCUT2D eigenvalue weighted by Gasteiger charge is -2.19. The highest BCUT2D eigenvalue weighted by Gasteiger charge is 2.30. The summed E-state index contributed by atoms with van der Waals surface area (Å²) in [6.45, 7) is 6.57. The summed E-state index contributed by atoms with van der Waals surface area (Å²) in [5.74, 6) is 1.15. The quantitative estimate of drug-likeness (QED) is 0.259. The highest BCUT2D eigenvalue weighted by molar-refractivity contribution is 7.99. The Morgan fingerprint density at radius 1 is 1.06 bits per heavy atom. The Bertz CT molecular complexity index is 871. The van der Waals surface area contributed by atoms with E-state index in [1.165, 1.54) is 12.1 Å². The van der Waals surface area contributed by atoms with Crippen LogP contribution >= 0.6 is 11.8 Å². The highest BCUT2D eigenvalue weighted by Crippen LogP contribution is 2.30. The second kappa shape index (κ2) is 13.3. The molecular weight excluding hydrogens is 457 g/mol. The van der Waals surface area contributed by atoms with Crippen LogP contribution in [0, 0.1) is 6.92 Å². The number of aryl methyl sites for hydroxylation is 1. The lowest BCUT2D eigenvalue weighted by atomic mass is 10.2. The normalized spacial score (nSPS) is 12.3. The number of halogens is 3. The molecule has 0 saturated carbocycles. The number of thioether (sulfide) groups is 1. The maximum atomic E-state index is 12.7. The first kappa shape index (κ1) is 26.9. The molecular formula is C24H29F3O5S. The number of hydrogen-bond donors (Lipinski definition) is 0. The van der Waals surface area contributed by atoms with Crippen LogP contribution < -0.4 is 9.47 Å². The van der Waals surface area contributed by atoms with Crippen LogP contribution in [-0.4, -0.2) is 44.3 Å². The Morgan fingerprint density at radius 3 is 2.39 bits per heavy atom.